The Kier molecular flexibility index (Phi) is 14.4. The average molecular weight is 675 g/mol. The summed E-state index contributed by atoms with van der Waals surface area (Å²) in [5.41, 5.74) is -1.31. The van der Waals surface area contributed by atoms with Gasteiger partial charge in [0, 0.05) is 32.5 Å². The lowest BCUT2D eigenvalue weighted by atomic mass is 9.84. The Bertz CT molecular complexity index is 1220. The Balaban J connectivity index is 2.33. The number of Topliss-reactive ketones (excluding diaryl/α,β-unsaturated/α-hetero) is 1. The summed E-state index contributed by atoms with van der Waals surface area (Å²) in [6.45, 7) is 20.8. The second-order valence-corrected chi connectivity index (χ2v) is 15.5. The van der Waals surface area contributed by atoms with E-state index >= 15 is 0 Å². The summed E-state index contributed by atoms with van der Waals surface area (Å²) in [4.78, 5) is 95.0. The summed E-state index contributed by atoms with van der Waals surface area (Å²) in [5.74, 6) is -3.31. The van der Waals surface area contributed by atoms with E-state index in [4.69, 9.17) is 0 Å². The minimum atomic E-state index is -1.06. The number of urea groups is 1. The third-order valence-electron chi connectivity index (χ3n) is 9.18. The van der Waals surface area contributed by atoms with Crippen LogP contribution >= 0.6 is 0 Å². The van der Waals surface area contributed by atoms with Crippen molar-refractivity contribution in [1.82, 2.24) is 31.1 Å². The fourth-order valence-electron chi connectivity index (χ4n) is 6.19. The lowest BCUT2D eigenvalue weighted by Crippen LogP contribution is -2.62. The van der Waals surface area contributed by atoms with Gasteiger partial charge >= 0.3 is 6.03 Å². The van der Waals surface area contributed by atoms with Crippen molar-refractivity contribution in [3.05, 3.63) is 12.7 Å². The van der Waals surface area contributed by atoms with Crippen LogP contribution in [0.5, 0.6) is 0 Å². The van der Waals surface area contributed by atoms with Crippen molar-refractivity contribution < 1.29 is 33.6 Å². The van der Waals surface area contributed by atoms with Gasteiger partial charge in [-0.3, -0.25) is 33.7 Å². The van der Waals surface area contributed by atoms with Crippen LogP contribution in [0.1, 0.15) is 101 Å². The molecule has 13 nitrogen and oxygen atoms in total. The number of amides is 7. The number of hydrogen-bond acceptors (Lipinski definition) is 7. The van der Waals surface area contributed by atoms with E-state index in [1.165, 1.54) is 15.9 Å². The Morgan fingerprint density at radius 2 is 1.54 bits per heavy atom. The number of hydrogen-bond donors (Lipinski definition) is 4. The van der Waals surface area contributed by atoms with Crippen LogP contribution in [0, 0.1) is 22.7 Å². The van der Waals surface area contributed by atoms with E-state index in [1.54, 1.807) is 0 Å². The first-order valence-electron chi connectivity index (χ1n) is 17.2. The van der Waals surface area contributed by atoms with Crippen molar-refractivity contribution in [2.45, 2.75) is 125 Å². The number of nitrogens with one attached hydrogen (secondary N) is 4. The van der Waals surface area contributed by atoms with Crippen LogP contribution in [0.4, 0.5) is 4.79 Å². The van der Waals surface area contributed by atoms with Gasteiger partial charge < -0.3 is 26.2 Å². The molecule has 2 aliphatic rings. The van der Waals surface area contributed by atoms with E-state index in [0.29, 0.717) is 19.3 Å². The average Bonchev–Trinajstić information content (AvgIpc) is 3.44. The van der Waals surface area contributed by atoms with Crippen LogP contribution in [0.2, 0.25) is 0 Å². The molecule has 7 amide bonds. The Hall–Kier alpha value is -3.77. The molecule has 0 aromatic rings. The van der Waals surface area contributed by atoms with Crippen LogP contribution in [-0.2, 0) is 28.8 Å². The number of piperidine rings is 1. The highest BCUT2D eigenvalue weighted by molar-refractivity contribution is 6.38. The van der Waals surface area contributed by atoms with E-state index in [-0.39, 0.29) is 62.5 Å². The molecular weight excluding hydrogens is 616 g/mol. The second-order valence-electron chi connectivity index (χ2n) is 15.5. The molecule has 0 spiro atoms. The number of carbonyl (C=O) groups is 7. The minimum absolute atomic E-state index is 0.0103. The number of carbonyl (C=O) groups excluding carboxylic acids is 7. The highest BCUT2D eigenvalue weighted by Gasteiger charge is 2.48. The van der Waals surface area contributed by atoms with Crippen molar-refractivity contribution in [3.8, 4) is 0 Å². The topological polar surface area (TPSA) is 174 Å². The molecule has 0 radical (unpaired) electrons. The second kappa shape index (κ2) is 17.1. The molecule has 0 aromatic heterocycles. The van der Waals surface area contributed by atoms with Gasteiger partial charge in [0.1, 0.15) is 12.1 Å². The summed E-state index contributed by atoms with van der Waals surface area (Å²) in [6, 6.07) is -4.27. The SMILES string of the molecule is C=CCNC(=O)C(=O)C(CCC)NC(=O)[C@@H]1C(C(C)C)CCN1C(=O)[C@@H](NC(=O)N[C@H](CN1C(=O)CCCC1=O)C(C)(C)C)C(C)(C)C. The molecule has 2 aliphatic heterocycles. The van der Waals surface area contributed by atoms with E-state index in [0.717, 1.165) is 0 Å². The number of rotatable bonds is 14. The first-order valence-corrected chi connectivity index (χ1v) is 17.2. The normalized spacial score (nSPS) is 20.5. The zero-order valence-corrected chi connectivity index (χ0v) is 30.4. The molecule has 13 heteroatoms. The number of likely N-dealkylation sites (tertiary alicyclic amines) is 2. The highest BCUT2D eigenvalue weighted by atomic mass is 16.2. The zero-order valence-electron chi connectivity index (χ0n) is 30.4. The maximum atomic E-state index is 14.3. The van der Waals surface area contributed by atoms with Crippen molar-refractivity contribution in [3.63, 3.8) is 0 Å². The standard InChI is InChI=1S/C35H58N6O7/c1-11-14-23(28(44)31(46)36-18-12-2)37-30(45)27-22(21(3)4)17-19-40(27)32(47)29(35(8,9)10)39-33(48)38-24(34(5,6)7)20-41-25(42)15-13-16-26(41)43/h12,21-24,27,29H,2,11,13-20H2,1,3-10H3,(H,36,46)(H,37,45)(H2,38,39,48)/t22?,23?,24-,27+,29-/m1/s1. The molecule has 2 unspecified atom stereocenters. The fraction of sp³-hybridized carbons (Fsp3) is 0.743. The summed E-state index contributed by atoms with van der Waals surface area (Å²) in [6.07, 6.45) is 3.82. The lowest BCUT2D eigenvalue weighted by Gasteiger charge is -2.39. The molecule has 0 aliphatic carbocycles. The van der Waals surface area contributed by atoms with Crippen molar-refractivity contribution in [2.24, 2.45) is 22.7 Å². The van der Waals surface area contributed by atoms with Gasteiger partial charge in [0.25, 0.3) is 5.91 Å². The summed E-state index contributed by atoms with van der Waals surface area (Å²) >= 11 is 0. The first-order chi connectivity index (χ1) is 22.2. The van der Waals surface area contributed by atoms with E-state index in [1.807, 2.05) is 62.3 Å². The largest absolute Gasteiger partial charge is 0.346 e. The van der Waals surface area contributed by atoms with E-state index < -0.39 is 64.5 Å². The molecule has 0 bridgehead atoms. The number of nitrogens with zero attached hydrogens (tertiary/aromatic N) is 2. The van der Waals surface area contributed by atoms with Crippen molar-refractivity contribution in [2.75, 3.05) is 19.6 Å². The molecule has 0 saturated carbocycles. The van der Waals surface area contributed by atoms with Gasteiger partial charge in [0.15, 0.2) is 0 Å². The lowest BCUT2D eigenvalue weighted by molar-refractivity contribution is -0.148. The molecule has 48 heavy (non-hydrogen) atoms. The van der Waals surface area contributed by atoms with Crippen LogP contribution in [0.3, 0.4) is 0 Å². The van der Waals surface area contributed by atoms with Crippen LogP contribution in [-0.4, -0.2) is 95.0 Å². The highest BCUT2D eigenvalue weighted by Crippen LogP contribution is 2.33. The quantitative estimate of drug-likeness (QED) is 0.125. The fourth-order valence-corrected chi connectivity index (χ4v) is 6.19. The first kappa shape index (κ1) is 40.4. The van der Waals surface area contributed by atoms with Crippen molar-refractivity contribution >= 4 is 41.4 Å². The summed E-state index contributed by atoms with van der Waals surface area (Å²) in [7, 11) is 0. The van der Waals surface area contributed by atoms with Crippen molar-refractivity contribution in [1.29, 1.82) is 0 Å². The summed E-state index contributed by atoms with van der Waals surface area (Å²) in [5, 5.41) is 11.0. The van der Waals surface area contributed by atoms with Gasteiger partial charge in [0.05, 0.1) is 12.1 Å². The maximum absolute atomic E-state index is 14.3. The Morgan fingerprint density at radius 3 is 2.04 bits per heavy atom. The van der Waals surface area contributed by atoms with Gasteiger partial charge in [-0.15, -0.1) is 6.58 Å². The van der Waals surface area contributed by atoms with Crippen LogP contribution in [0.25, 0.3) is 0 Å². The number of imide groups is 1. The molecule has 2 saturated heterocycles. The molecule has 270 valence electrons. The molecule has 0 aromatic carbocycles. The molecule has 4 N–H and O–H groups in total. The third kappa shape index (κ3) is 10.6. The zero-order chi connectivity index (χ0) is 36.6. The maximum Gasteiger partial charge on any atom is 0.315 e. The van der Waals surface area contributed by atoms with Gasteiger partial charge in [-0.05, 0) is 41.9 Å². The van der Waals surface area contributed by atoms with Gasteiger partial charge in [-0.25, -0.2) is 4.79 Å². The minimum Gasteiger partial charge on any atom is -0.346 e. The Labute approximate surface area is 285 Å². The predicted octanol–water partition coefficient (Wildman–Crippen LogP) is 2.68. The molecular formula is C35H58N6O7. The van der Waals surface area contributed by atoms with Gasteiger partial charge in [0.2, 0.25) is 29.4 Å². The van der Waals surface area contributed by atoms with E-state index in [9.17, 15) is 33.6 Å². The Morgan fingerprint density at radius 1 is 0.938 bits per heavy atom. The monoisotopic (exact) mass is 674 g/mol. The predicted molar refractivity (Wildman–Crippen MR) is 182 cm³/mol. The molecule has 2 rings (SSSR count). The molecule has 5 atom stereocenters. The van der Waals surface area contributed by atoms with E-state index in [2.05, 4.69) is 27.8 Å². The van der Waals surface area contributed by atoms with Gasteiger partial charge in [-0.1, -0.05) is 74.8 Å². The number of ketones is 1. The molecule has 2 fully saturated rings. The van der Waals surface area contributed by atoms with Crippen LogP contribution < -0.4 is 21.3 Å². The summed E-state index contributed by atoms with van der Waals surface area (Å²) < 4.78 is 0. The smallest absolute Gasteiger partial charge is 0.315 e. The van der Waals surface area contributed by atoms with Crippen LogP contribution in [0.15, 0.2) is 12.7 Å². The molecule has 2 heterocycles. The van der Waals surface area contributed by atoms with Gasteiger partial charge in [-0.2, -0.15) is 0 Å². The third-order valence-corrected chi connectivity index (χ3v) is 9.18.